The standard InChI is InChI=1S/C20H23FN2O4S/c1-15-6-7-17(14-19(15)28(25,26)23-10-12-27-13-11-23)20(24)22-9-8-16-4-2-3-5-18(16)21/h2-7,14H,8-13H2,1H3,(H,22,24). The van der Waals surface area contributed by atoms with Gasteiger partial charge in [0.05, 0.1) is 18.1 Å². The highest BCUT2D eigenvalue weighted by Crippen LogP contribution is 2.22. The van der Waals surface area contributed by atoms with E-state index in [0.29, 0.717) is 43.9 Å². The highest BCUT2D eigenvalue weighted by molar-refractivity contribution is 7.89. The van der Waals surface area contributed by atoms with E-state index >= 15 is 0 Å². The van der Waals surface area contributed by atoms with Crippen LogP contribution in [0.1, 0.15) is 21.5 Å². The molecule has 150 valence electrons. The van der Waals surface area contributed by atoms with Crippen LogP contribution in [0.5, 0.6) is 0 Å². The average Bonchev–Trinajstić information content (AvgIpc) is 2.70. The maximum absolute atomic E-state index is 13.6. The second-order valence-corrected chi connectivity index (χ2v) is 8.50. The fourth-order valence-electron chi connectivity index (χ4n) is 3.06. The van der Waals surface area contributed by atoms with Gasteiger partial charge in [-0.05, 0) is 42.7 Å². The smallest absolute Gasteiger partial charge is 0.251 e. The van der Waals surface area contributed by atoms with E-state index in [9.17, 15) is 17.6 Å². The molecule has 0 spiro atoms. The quantitative estimate of drug-likeness (QED) is 0.798. The molecule has 28 heavy (non-hydrogen) atoms. The zero-order chi connectivity index (χ0) is 20.1. The maximum atomic E-state index is 13.6. The third-order valence-electron chi connectivity index (χ3n) is 4.68. The fraction of sp³-hybridized carbons (Fsp3) is 0.350. The Morgan fingerprint density at radius 2 is 1.89 bits per heavy atom. The topological polar surface area (TPSA) is 75.7 Å². The number of nitrogens with one attached hydrogen (secondary N) is 1. The Balaban J connectivity index is 1.71. The molecule has 6 nitrogen and oxygen atoms in total. The summed E-state index contributed by atoms with van der Waals surface area (Å²) in [5.41, 5.74) is 1.35. The van der Waals surface area contributed by atoms with Crippen LogP contribution in [0.4, 0.5) is 4.39 Å². The molecular formula is C20H23FN2O4S. The minimum Gasteiger partial charge on any atom is -0.379 e. The van der Waals surface area contributed by atoms with Crippen molar-refractivity contribution in [2.24, 2.45) is 0 Å². The van der Waals surface area contributed by atoms with Crippen LogP contribution in [0.3, 0.4) is 0 Å². The number of aryl methyl sites for hydroxylation is 1. The summed E-state index contributed by atoms with van der Waals surface area (Å²) >= 11 is 0. The minimum absolute atomic E-state index is 0.121. The number of morpholine rings is 1. The molecule has 0 aliphatic carbocycles. The van der Waals surface area contributed by atoms with Gasteiger partial charge < -0.3 is 10.1 Å². The van der Waals surface area contributed by atoms with Crippen molar-refractivity contribution in [3.8, 4) is 0 Å². The molecule has 2 aromatic carbocycles. The first kappa shape index (κ1) is 20.4. The number of sulfonamides is 1. The number of amides is 1. The molecule has 1 N–H and O–H groups in total. The van der Waals surface area contributed by atoms with Gasteiger partial charge in [0.1, 0.15) is 5.82 Å². The van der Waals surface area contributed by atoms with Gasteiger partial charge in [-0.25, -0.2) is 12.8 Å². The van der Waals surface area contributed by atoms with Gasteiger partial charge in [-0.2, -0.15) is 4.31 Å². The van der Waals surface area contributed by atoms with Crippen molar-refractivity contribution in [2.75, 3.05) is 32.8 Å². The van der Waals surface area contributed by atoms with E-state index in [1.165, 1.54) is 16.4 Å². The molecule has 1 heterocycles. The predicted octanol–water partition coefficient (Wildman–Crippen LogP) is 2.13. The van der Waals surface area contributed by atoms with Crippen LogP contribution < -0.4 is 5.32 Å². The molecule has 1 amide bonds. The van der Waals surface area contributed by atoms with Crippen LogP contribution >= 0.6 is 0 Å². The summed E-state index contributed by atoms with van der Waals surface area (Å²) in [6, 6.07) is 11.0. The van der Waals surface area contributed by atoms with Crippen molar-refractivity contribution >= 4 is 15.9 Å². The highest BCUT2D eigenvalue weighted by atomic mass is 32.2. The van der Waals surface area contributed by atoms with Crippen LogP contribution in [0.2, 0.25) is 0 Å². The Morgan fingerprint density at radius 3 is 2.61 bits per heavy atom. The normalized spacial score (nSPS) is 15.4. The number of nitrogens with zero attached hydrogens (tertiary/aromatic N) is 1. The second-order valence-electron chi connectivity index (χ2n) is 6.59. The van der Waals surface area contributed by atoms with Gasteiger partial charge in [-0.3, -0.25) is 4.79 Å². The van der Waals surface area contributed by atoms with E-state index in [-0.39, 0.29) is 22.8 Å². The number of carbonyl (C=O) groups excluding carboxylic acids is 1. The summed E-state index contributed by atoms with van der Waals surface area (Å²) < 4.78 is 46.1. The third kappa shape index (κ3) is 4.57. The highest BCUT2D eigenvalue weighted by Gasteiger charge is 2.28. The van der Waals surface area contributed by atoms with Crippen molar-refractivity contribution in [3.05, 3.63) is 65.0 Å². The van der Waals surface area contributed by atoms with E-state index in [1.807, 2.05) is 0 Å². The summed E-state index contributed by atoms with van der Waals surface area (Å²) in [5, 5.41) is 2.72. The Hall–Kier alpha value is -2.29. The molecule has 0 bridgehead atoms. The van der Waals surface area contributed by atoms with Crippen molar-refractivity contribution in [2.45, 2.75) is 18.2 Å². The summed E-state index contributed by atoms with van der Waals surface area (Å²) in [4.78, 5) is 12.6. The van der Waals surface area contributed by atoms with Gasteiger partial charge in [0.2, 0.25) is 10.0 Å². The van der Waals surface area contributed by atoms with Crippen LogP contribution in [-0.4, -0.2) is 51.5 Å². The minimum atomic E-state index is -3.69. The van der Waals surface area contributed by atoms with Crippen LogP contribution in [0.15, 0.2) is 47.4 Å². The molecular weight excluding hydrogens is 383 g/mol. The first-order valence-corrected chi connectivity index (χ1v) is 10.5. The molecule has 0 unspecified atom stereocenters. The first-order valence-electron chi connectivity index (χ1n) is 9.10. The van der Waals surface area contributed by atoms with E-state index < -0.39 is 15.9 Å². The lowest BCUT2D eigenvalue weighted by Gasteiger charge is -2.26. The van der Waals surface area contributed by atoms with E-state index in [2.05, 4.69) is 5.32 Å². The molecule has 1 aliphatic heterocycles. The van der Waals surface area contributed by atoms with E-state index in [4.69, 9.17) is 4.74 Å². The molecule has 1 aliphatic rings. The first-order chi connectivity index (χ1) is 13.4. The van der Waals surface area contributed by atoms with Crippen molar-refractivity contribution < 1.29 is 22.3 Å². The molecule has 2 aromatic rings. The van der Waals surface area contributed by atoms with Crippen LogP contribution in [0.25, 0.3) is 0 Å². The monoisotopic (exact) mass is 406 g/mol. The lowest BCUT2D eigenvalue weighted by Crippen LogP contribution is -2.41. The summed E-state index contributed by atoms with van der Waals surface area (Å²) in [6.45, 7) is 3.25. The maximum Gasteiger partial charge on any atom is 0.251 e. The van der Waals surface area contributed by atoms with E-state index in [1.54, 1.807) is 37.3 Å². The number of carbonyl (C=O) groups is 1. The SMILES string of the molecule is Cc1ccc(C(=O)NCCc2ccccc2F)cc1S(=O)(=O)N1CCOCC1. The van der Waals surface area contributed by atoms with E-state index in [0.717, 1.165) is 0 Å². The Labute approximate surface area is 164 Å². The summed E-state index contributed by atoms with van der Waals surface area (Å²) in [5.74, 6) is -0.708. The number of benzene rings is 2. The largest absolute Gasteiger partial charge is 0.379 e. The van der Waals surface area contributed by atoms with Crippen LogP contribution in [0, 0.1) is 12.7 Å². The summed E-state index contributed by atoms with van der Waals surface area (Å²) in [6.07, 6.45) is 0.350. The van der Waals surface area contributed by atoms with Gasteiger partial charge in [-0.1, -0.05) is 24.3 Å². The Kier molecular flexibility index (Phi) is 6.43. The van der Waals surface area contributed by atoms with Gasteiger partial charge in [0.15, 0.2) is 0 Å². The molecule has 0 saturated carbocycles. The fourth-order valence-corrected chi connectivity index (χ4v) is 4.72. The third-order valence-corrected chi connectivity index (χ3v) is 6.72. The Bertz CT molecular complexity index is 956. The lowest BCUT2D eigenvalue weighted by atomic mass is 10.1. The van der Waals surface area contributed by atoms with Gasteiger partial charge in [0, 0.05) is 25.2 Å². The summed E-state index contributed by atoms with van der Waals surface area (Å²) in [7, 11) is -3.69. The molecule has 0 radical (unpaired) electrons. The average molecular weight is 406 g/mol. The predicted molar refractivity (Wildman–Crippen MR) is 103 cm³/mol. The molecule has 0 atom stereocenters. The molecule has 1 saturated heterocycles. The van der Waals surface area contributed by atoms with Crippen molar-refractivity contribution in [1.29, 1.82) is 0 Å². The van der Waals surface area contributed by atoms with Crippen molar-refractivity contribution in [3.63, 3.8) is 0 Å². The zero-order valence-corrected chi connectivity index (χ0v) is 16.5. The zero-order valence-electron chi connectivity index (χ0n) is 15.7. The lowest BCUT2D eigenvalue weighted by molar-refractivity contribution is 0.0730. The van der Waals surface area contributed by atoms with Gasteiger partial charge in [-0.15, -0.1) is 0 Å². The number of hydrogen-bond donors (Lipinski definition) is 1. The molecule has 1 fully saturated rings. The Morgan fingerprint density at radius 1 is 1.18 bits per heavy atom. The molecule has 3 rings (SSSR count). The van der Waals surface area contributed by atoms with Crippen LogP contribution in [-0.2, 0) is 21.2 Å². The van der Waals surface area contributed by atoms with Gasteiger partial charge >= 0.3 is 0 Å². The second kappa shape index (κ2) is 8.81. The number of rotatable bonds is 6. The number of halogens is 1. The number of hydrogen-bond acceptors (Lipinski definition) is 4. The number of ether oxygens (including phenoxy) is 1. The molecule has 0 aromatic heterocycles. The molecule has 8 heteroatoms. The van der Waals surface area contributed by atoms with Gasteiger partial charge in [0.25, 0.3) is 5.91 Å². The van der Waals surface area contributed by atoms with Crippen molar-refractivity contribution in [1.82, 2.24) is 9.62 Å².